The predicted octanol–water partition coefficient (Wildman–Crippen LogP) is 4.10. The summed E-state index contributed by atoms with van der Waals surface area (Å²) in [6.45, 7) is 11.9. The molecule has 6 heteroatoms. The van der Waals surface area contributed by atoms with Gasteiger partial charge < -0.3 is 9.47 Å². The maximum Gasteiger partial charge on any atom is 0.266 e. The van der Waals surface area contributed by atoms with Crippen LogP contribution in [-0.4, -0.2) is 38.4 Å². The number of likely N-dealkylation sites (tertiary alicyclic amines) is 1. The number of aryl methyl sites for hydroxylation is 2. The second-order valence-corrected chi connectivity index (χ2v) is 9.26. The Morgan fingerprint density at radius 1 is 1.15 bits per heavy atom. The van der Waals surface area contributed by atoms with Crippen LogP contribution < -0.4 is 0 Å². The number of amides is 1. The minimum absolute atomic E-state index is 0.0468. The van der Waals surface area contributed by atoms with Crippen molar-refractivity contribution < 1.29 is 4.79 Å². The molecule has 0 atom stereocenters. The van der Waals surface area contributed by atoms with Crippen LogP contribution in [0.25, 0.3) is 11.0 Å². The number of carbonyl (C=O) groups is 1. The third-order valence-corrected chi connectivity index (χ3v) is 5.94. The van der Waals surface area contributed by atoms with Crippen molar-refractivity contribution in [1.82, 2.24) is 19.4 Å². The molecule has 136 valence electrons. The summed E-state index contributed by atoms with van der Waals surface area (Å²) in [6, 6.07) is 8.54. The Labute approximate surface area is 157 Å². The molecule has 0 radical (unpaired) electrons. The van der Waals surface area contributed by atoms with Crippen molar-refractivity contribution in [1.29, 1.82) is 0 Å². The summed E-state index contributed by atoms with van der Waals surface area (Å²) in [6.07, 6.45) is 0. The van der Waals surface area contributed by atoms with Crippen molar-refractivity contribution in [3.05, 3.63) is 45.7 Å². The molecule has 4 rings (SSSR count). The Bertz CT molecular complexity index is 989. The van der Waals surface area contributed by atoms with Gasteiger partial charge in [0.1, 0.15) is 10.7 Å². The second-order valence-electron chi connectivity index (χ2n) is 8.06. The van der Waals surface area contributed by atoms with Crippen LogP contribution in [0, 0.1) is 13.8 Å². The van der Waals surface area contributed by atoms with Crippen molar-refractivity contribution in [3.63, 3.8) is 0 Å². The molecule has 3 heterocycles. The maximum absolute atomic E-state index is 12.8. The van der Waals surface area contributed by atoms with Crippen molar-refractivity contribution in [2.24, 2.45) is 0 Å². The normalized spacial score (nSPS) is 15.5. The Hall–Kier alpha value is -2.21. The minimum Gasteiger partial charge on any atom is -0.334 e. The van der Waals surface area contributed by atoms with E-state index in [0.29, 0.717) is 0 Å². The average Bonchev–Trinajstić information content (AvgIpc) is 3.06. The lowest BCUT2D eigenvalue weighted by molar-refractivity contribution is 0.0522. The van der Waals surface area contributed by atoms with Gasteiger partial charge in [0.2, 0.25) is 0 Å². The van der Waals surface area contributed by atoms with Gasteiger partial charge in [-0.1, -0.05) is 32.9 Å². The summed E-state index contributed by atoms with van der Waals surface area (Å²) in [4.78, 5) is 24.8. The fraction of sp³-hybridized carbons (Fsp3) is 0.450. The van der Waals surface area contributed by atoms with E-state index in [4.69, 9.17) is 4.98 Å². The van der Waals surface area contributed by atoms with Gasteiger partial charge in [-0.05, 0) is 26.0 Å². The summed E-state index contributed by atoms with van der Waals surface area (Å²) in [5, 5.41) is 0.943. The molecule has 0 aliphatic carbocycles. The molecule has 1 aliphatic heterocycles. The fourth-order valence-corrected chi connectivity index (χ4v) is 4.49. The molecule has 1 aromatic carbocycles. The molecule has 0 unspecified atom stereocenters. The van der Waals surface area contributed by atoms with Crippen LogP contribution in [0.2, 0.25) is 0 Å². The van der Waals surface area contributed by atoms with Gasteiger partial charge in [-0.2, -0.15) is 0 Å². The van der Waals surface area contributed by atoms with Gasteiger partial charge in [-0.15, -0.1) is 11.3 Å². The largest absolute Gasteiger partial charge is 0.334 e. The smallest absolute Gasteiger partial charge is 0.266 e. The summed E-state index contributed by atoms with van der Waals surface area (Å²) in [5.41, 5.74) is 2.97. The Morgan fingerprint density at radius 2 is 1.85 bits per heavy atom. The van der Waals surface area contributed by atoms with Crippen molar-refractivity contribution >= 4 is 28.3 Å². The maximum atomic E-state index is 12.8. The molecule has 0 saturated carbocycles. The highest BCUT2D eigenvalue weighted by atomic mass is 32.1. The highest BCUT2D eigenvalue weighted by Gasteiger charge is 2.37. The van der Waals surface area contributed by atoms with Crippen LogP contribution in [0.4, 0.5) is 0 Å². The van der Waals surface area contributed by atoms with E-state index in [1.807, 2.05) is 24.8 Å². The number of aromatic nitrogens is 3. The van der Waals surface area contributed by atoms with E-state index in [1.165, 1.54) is 11.3 Å². The predicted molar refractivity (Wildman–Crippen MR) is 105 cm³/mol. The van der Waals surface area contributed by atoms with Gasteiger partial charge in [0, 0.05) is 18.5 Å². The number of fused-ring (bicyclic) bond motifs is 1. The number of carbonyl (C=O) groups excluding carboxylic acids is 1. The first-order chi connectivity index (χ1) is 12.3. The van der Waals surface area contributed by atoms with E-state index in [-0.39, 0.29) is 17.4 Å². The topological polar surface area (TPSA) is 51.0 Å². The van der Waals surface area contributed by atoms with Crippen LogP contribution in [0.5, 0.6) is 0 Å². The Balaban J connectivity index is 1.63. The SMILES string of the molecule is Cc1nc(C)c(C(=O)N2CC(n3c(C(C)(C)C)nc4ccccc43)C2)s1. The quantitative estimate of drug-likeness (QED) is 0.684. The molecule has 26 heavy (non-hydrogen) atoms. The molecule has 0 spiro atoms. The highest BCUT2D eigenvalue weighted by molar-refractivity contribution is 7.13. The van der Waals surface area contributed by atoms with Gasteiger partial charge in [0.15, 0.2) is 0 Å². The van der Waals surface area contributed by atoms with E-state index in [9.17, 15) is 4.79 Å². The van der Waals surface area contributed by atoms with Crippen molar-refractivity contribution in [3.8, 4) is 0 Å². The van der Waals surface area contributed by atoms with Crippen LogP contribution >= 0.6 is 11.3 Å². The zero-order valence-electron chi connectivity index (χ0n) is 15.9. The first-order valence-corrected chi connectivity index (χ1v) is 9.78. The van der Waals surface area contributed by atoms with Crippen LogP contribution in [0.1, 0.15) is 53.0 Å². The lowest BCUT2D eigenvalue weighted by atomic mass is 9.94. The lowest BCUT2D eigenvalue weighted by Crippen LogP contribution is -2.51. The van der Waals surface area contributed by atoms with Crippen molar-refractivity contribution in [2.75, 3.05) is 13.1 Å². The molecule has 5 nitrogen and oxygen atoms in total. The summed E-state index contributed by atoms with van der Waals surface area (Å²) in [5.74, 6) is 1.19. The Morgan fingerprint density at radius 3 is 2.46 bits per heavy atom. The number of thiazole rings is 1. The Kier molecular flexibility index (Phi) is 3.91. The third kappa shape index (κ3) is 2.72. The molecule has 1 amide bonds. The molecular weight excluding hydrogens is 344 g/mol. The summed E-state index contributed by atoms with van der Waals surface area (Å²) >= 11 is 1.49. The van der Waals surface area contributed by atoms with E-state index >= 15 is 0 Å². The van der Waals surface area contributed by atoms with Gasteiger partial charge in [0.05, 0.1) is 27.8 Å². The monoisotopic (exact) mass is 368 g/mol. The number of benzene rings is 1. The number of nitrogens with zero attached hydrogens (tertiary/aromatic N) is 4. The highest BCUT2D eigenvalue weighted by Crippen LogP contribution is 2.34. The van der Waals surface area contributed by atoms with Gasteiger partial charge in [-0.3, -0.25) is 4.79 Å². The van der Waals surface area contributed by atoms with Crippen LogP contribution in [0.15, 0.2) is 24.3 Å². The first-order valence-electron chi connectivity index (χ1n) is 8.96. The molecule has 1 aliphatic rings. The van der Waals surface area contributed by atoms with E-state index in [0.717, 1.165) is 45.5 Å². The molecular formula is C20H24N4OS. The fourth-order valence-electron chi connectivity index (χ4n) is 3.60. The second kappa shape index (κ2) is 5.91. The average molecular weight is 369 g/mol. The number of hydrogen-bond acceptors (Lipinski definition) is 4. The number of hydrogen-bond donors (Lipinski definition) is 0. The minimum atomic E-state index is -0.0468. The zero-order valence-corrected chi connectivity index (χ0v) is 16.7. The number of imidazole rings is 1. The third-order valence-electron chi connectivity index (χ3n) is 4.88. The molecule has 1 fully saturated rings. The lowest BCUT2D eigenvalue weighted by Gasteiger charge is -2.41. The first kappa shape index (κ1) is 17.2. The summed E-state index contributed by atoms with van der Waals surface area (Å²) in [7, 11) is 0. The standard InChI is InChI=1S/C20H24N4OS/c1-12-17(26-13(2)21-12)18(25)23-10-14(11-23)24-16-9-7-6-8-15(16)22-19(24)20(3,4)5/h6-9,14H,10-11H2,1-5H3. The number of rotatable bonds is 2. The van der Waals surface area contributed by atoms with E-state index in [1.54, 1.807) is 0 Å². The van der Waals surface area contributed by atoms with Gasteiger partial charge in [-0.25, -0.2) is 9.97 Å². The van der Waals surface area contributed by atoms with Gasteiger partial charge >= 0.3 is 0 Å². The van der Waals surface area contributed by atoms with E-state index < -0.39 is 0 Å². The van der Waals surface area contributed by atoms with Crippen LogP contribution in [0.3, 0.4) is 0 Å². The molecule has 1 saturated heterocycles. The van der Waals surface area contributed by atoms with Gasteiger partial charge in [0.25, 0.3) is 5.91 Å². The zero-order chi connectivity index (χ0) is 18.6. The van der Waals surface area contributed by atoms with Crippen LogP contribution in [-0.2, 0) is 5.41 Å². The van der Waals surface area contributed by atoms with E-state index in [2.05, 4.69) is 48.5 Å². The molecule has 0 bridgehead atoms. The molecule has 3 aromatic rings. The van der Waals surface area contributed by atoms with Crippen molar-refractivity contribution in [2.45, 2.75) is 46.1 Å². The molecule has 0 N–H and O–H groups in total. The summed E-state index contributed by atoms with van der Waals surface area (Å²) < 4.78 is 2.34. The number of para-hydroxylation sites is 2. The molecule has 2 aromatic heterocycles.